The van der Waals surface area contributed by atoms with Gasteiger partial charge in [0.2, 0.25) is 0 Å². The summed E-state index contributed by atoms with van der Waals surface area (Å²) in [4.78, 5) is 2.40. The third-order valence-electron chi connectivity index (χ3n) is 12.9. The number of para-hydroxylation sites is 1. The zero-order valence-corrected chi connectivity index (χ0v) is 35.0. The highest BCUT2D eigenvalue weighted by Gasteiger charge is 2.36. The molecule has 0 fully saturated rings. The van der Waals surface area contributed by atoms with Crippen molar-refractivity contribution in [3.63, 3.8) is 0 Å². The lowest BCUT2D eigenvalue weighted by atomic mass is 9.81. The van der Waals surface area contributed by atoms with Crippen LogP contribution in [0.25, 0.3) is 77.5 Å². The van der Waals surface area contributed by atoms with Crippen LogP contribution in [0.2, 0.25) is 0 Å². The van der Waals surface area contributed by atoms with Gasteiger partial charge in [-0.05, 0) is 119 Å². The van der Waals surface area contributed by atoms with Gasteiger partial charge in [0.05, 0.1) is 5.69 Å². The third kappa shape index (κ3) is 6.42. The van der Waals surface area contributed by atoms with Crippen molar-refractivity contribution in [3.8, 4) is 66.8 Å². The lowest BCUT2D eigenvalue weighted by Crippen LogP contribution is -2.14. The van der Waals surface area contributed by atoms with E-state index >= 15 is 0 Å². The van der Waals surface area contributed by atoms with Gasteiger partial charge < -0.3 is 4.90 Å². The molecule has 0 saturated heterocycles. The Bertz CT molecular complexity index is 3230. The van der Waals surface area contributed by atoms with Gasteiger partial charge in [-0.25, -0.2) is 0 Å². The van der Waals surface area contributed by atoms with Gasteiger partial charge in [-0.1, -0.05) is 214 Å². The normalized spacial score (nSPS) is 12.5. The average Bonchev–Trinajstić information content (AvgIpc) is 3.58. The molecule has 11 rings (SSSR count). The Morgan fingerprint density at radius 1 is 0.306 bits per heavy atom. The van der Waals surface area contributed by atoms with E-state index in [9.17, 15) is 0 Å². The van der Waals surface area contributed by atoms with Crippen LogP contribution in [-0.4, -0.2) is 0 Å². The zero-order chi connectivity index (χ0) is 41.6. The van der Waals surface area contributed by atoms with Crippen LogP contribution >= 0.6 is 0 Å². The van der Waals surface area contributed by atoms with Crippen molar-refractivity contribution in [1.82, 2.24) is 0 Å². The molecule has 1 heteroatoms. The van der Waals surface area contributed by atoms with Crippen LogP contribution in [0.15, 0.2) is 237 Å². The molecular weight excluding hydrogens is 747 g/mol. The number of rotatable bonds is 8. The SMILES string of the molecule is CC1(C)c2ccccc2-c2c(-c3cc(-c4ccc(N(c5ccc(-c6cccc7ccccc67)cc5)c5ccccc5-c5ccccc5)cc4)ccc3-c3ccccc3)cccc21. The van der Waals surface area contributed by atoms with Crippen molar-refractivity contribution in [2.45, 2.75) is 19.3 Å². The highest BCUT2D eigenvalue weighted by Crippen LogP contribution is 2.53. The number of hydrogen-bond acceptors (Lipinski definition) is 1. The molecule has 0 spiro atoms. The highest BCUT2D eigenvalue weighted by atomic mass is 15.1. The minimum atomic E-state index is -0.0798. The molecule has 0 radical (unpaired) electrons. The second kappa shape index (κ2) is 15.4. The van der Waals surface area contributed by atoms with Gasteiger partial charge in [0.15, 0.2) is 0 Å². The van der Waals surface area contributed by atoms with Gasteiger partial charge in [0.25, 0.3) is 0 Å². The molecule has 1 nitrogen and oxygen atoms in total. The molecule has 0 unspecified atom stereocenters. The Morgan fingerprint density at radius 3 is 1.55 bits per heavy atom. The molecule has 10 aromatic rings. The van der Waals surface area contributed by atoms with Crippen LogP contribution < -0.4 is 4.90 Å². The molecule has 1 aliphatic rings. The quantitative estimate of drug-likeness (QED) is 0.148. The van der Waals surface area contributed by atoms with Crippen molar-refractivity contribution in [1.29, 1.82) is 0 Å². The molecule has 0 bridgehead atoms. The molecule has 294 valence electrons. The predicted octanol–water partition coefficient (Wildman–Crippen LogP) is 17.0. The summed E-state index contributed by atoms with van der Waals surface area (Å²) in [6.07, 6.45) is 0. The van der Waals surface area contributed by atoms with Gasteiger partial charge in [0, 0.05) is 22.4 Å². The number of fused-ring (bicyclic) bond motifs is 4. The molecule has 1 aliphatic carbocycles. The van der Waals surface area contributed by atoms with Gasteiger partial charge in [0.1, 0.15) is 0 Å². The zero-order valence-electron chi connectivity index (χ0n) is 35.0. The summed E-state index contributed by atoms with van der Waals surface area (Å²) in [5, 5.41) is 2.51. The molecule has 0 saturated carbocycles. The van der Waals surface area contributed by atoms with E-state index in [-0.39, 0.29) is 5.41 Å². The molecule has 62 heavy (non-hydrogen) atoms. The predicted molar refractivity (Wildman–Crippen MR) is 263 cm³/mol. The minimum Gasteiger partial charge on any atom is -0.310 e. The van der Waals surface area contributed by atoms with E-state index in [0.717, 1.165) is 17.1 Å². The number of hydrogen-bond donors (Lipinski definition) is 0. The van der Waals surface area contributed by atoms with Crippen molar-refractivity contribution in [3.05, 3.63) is 248 Å². The molecule has 0 aliphatic heterocycles. The van der Waals surface area contributed by atoms with E-state index in [1.54, 1.807) is 0 Å². The van der Waals surface area contributed by atoms with Crippen molar-refractivity contribution in [2.75, 3.05) is 4.90 Å². The number of anilines is 3. The lowest BCUT2D eigenvalue weighted by Gasteiger charge is -2.28. The Kier molecular flexibility index (Phi) is 9.24. The molecule has 0 heterocycles. The first kappa shape index (κ1) is 37.3. The van der Waals surface area contributed by atoms with E-state index in [2.05, 4.69) is 255 Å². The molecule has 0 amide bonds. The van der Waals surface area contributed by atoms with Gasteiger partial charge in [-0.3, -0.25) is 0 Å². The van der Waals surface area contributed by atoms with Crippen LogP contribution in [-0.2, 0) is 5.41 Å². The molecule has 0 N–H and O–H groups in total. The van der Waals surface area contributed by atoms with Gasteiger partial charge in [-0.15, -0.1) is 0 Å². The van der Waals surface area contributed by atoms with E-state index in [0.29, 0.717) is 0 Å². The van der Waals surface area contributed by atoms with Crippen LogP contribution in [0.1, 0.15) is 25.0 Å². The molecule has 10 aromatic carbocycles. The Hall–Kier alpha value is -7.74. The maximum absolute atomic E-state index is 2.41. The lowest BCUT2D eigenvalue weighted by molar-refractivity contribution is 0.660. The maximum Gasteiger partial charge on any atom is 0.0540 e. The second-order valence-corrected chi connectivity index (χ2v) is 16.9. The summed E-state index contributed by atoms with van der Waals surface area (Å²) < 4.78 is 0. The van der Waals surface area contributed by atoms with Crippen LogP contribution in [0.3, 0.4) is 0 Å². The first-order valence-electron chi connectivity index (χ1n) is 21.6. The maximum atomic E-state index is 2.41. The second-order valence-electron chi connectivity index (χ2n) is 16.9. The Balaban J connectivity index is 1.03. The van der Waals surface area contributed by atoms with Crippen molar-refractivity contribution in [2.24, 2.45) is 0 Å². The monoisotopic (exact) mass is 791 g/mol. The number of nitrogens with zero attached hydrogens (tertiary/aromatic N) is 1. The van der Waals surface area contributed by atoms with Crippen LogP contribution in [0.4, 0.5) is 17.1 Å². The number of benzene rings is 10. The summed E-state index contributed by atoms with van der Waals surface area (Å²) in [5.74, 6) is 0. The van der Waals surface area contributed by atoms with Gasteiger partial charge >= 0.3 is 0 Å². The summed E-state index contributed by atoms with van der Waals surface area (Å²) in [7, 11) is 0. The topological polar surface area (TPSA) is 3.24 Å². The van der Waals surface area contributed by atoms with Crippen molar-refractivity contribution >= 4 is 27.8 Å². The summed E-state index contributed by atoms with van der Waals surface area (Å²) in [6.45, 7) is 4.72. The van der Waals surface area contributed by atoms with E-state index < -0.39 is 0 Å². The Labute approximate surface area is 364 Å². The Morgan fingerprint density at radius 2 is 0.806 bits per heavy atom. The van der Waals surface area contributed by atoms with Gasteiger partial charge in [-0.2, -0.15) is 0 Å². The highest BCUT2D eigenvalue weighted by molar-refractivity contribution is 5.99. The largest absolute Gasteiger partial charge is 0.310 e. The summed E-state index contributed by atoms with van der Waals surface area (Å²) >= 11 is 0. The molecule has 0 aromatic heterocycles. The molecule has 0 atom stereocenters. The third-order valence-corrected chi connectivity index (χ3v) is 12.9. The van der Waals surface area contributed by atoms with Crippen LogP contribution in [0.5, 0.6) is 0 Å². The first-order valence-corrected chi connectivity index (χ1v) is 21.6. The fraction of sp³-hybridized carbons (Fsp3) is 0.0492. The van der Waals surface area contributed by atoms with E-state index in [1.165, 1.54) is 88.7 Å². The summed E-state index contributed by atoms with van der Waals surface area (Å²) in [5.41, 5.74) is 20.8. The average molecular weight is 792 g/mol. The van der Waals surface area contributed by atoms with E-state index in [4.69, 9.17) is 0 Å². The van der Waals surface area contributed by atoms with E-state index in [1.807, 2.05) is 0 Å². The fourth-order valence-electron chi connectivity index (χ4n) is 9.82. The molecular formula is C61H45N. The standard InChI is InChI=1S/C61H45N/c1-61(2)57-28-13-11-25-55(57)60-54(27-16-29-58(60)61)56-41-47(35-40-52(56)43-17-5-3-6-18-43)42-31-36-48(37-32-42)62(59-30-14-12-24-53(59)45-19-7-4-8-20-45)49-38-33-46(34-39-49)51-26-15-22-44-21-9-10-23-50(44)51/h3-41H,1-2H3. The fourth-order valence-corrected chi connectivity index (χ4v) is 9.82. The summed E-state index contributed by atoms with van der Waals surface area (Å²) in [6, 6.07) is 86.5. The smallest absolute Gasteiger partial charge is 0.0540 e. The van der Waals surface area contributed by atoms with Crippen molar-refractivity contribution < 1.29 is 0 Å². The van der Waals surface area contributed by atoms with Crippen LogP contribution in [0, 0.1) is 0 Å². The first-order chi connectivity index (χ1) is 30.5. The minimum absolute atomic E-state index is 0.0798.